The van der Waals surface area contributed by atoms with Crippen LogP contribution in [0.5, 0.6) is 0 Å². The lowest BCUT2D eigenvalue weighted by molar-refractivity contribution is 0.392. The highest BCUT2D eigenvalue weighted by molar-refractivity contribution is 14.0. The smallest absolute Gasteiger partial charge is 0.191 e. The Morgan fingerprint density at radius 1 is 1.26 bits per heavy atom. The van der Waals surface area contributed by atoms with Crippen LogP contribution < -0.4 is 10.6 Å². The largest absolute Gasteiger partial charge is 0.357 e. The minimum Gasteiger partial charge on any atom is -0.357 e. The molecule has 0 amide bonds. The summed E-state index contributed by atoms with van der Waals surface area (Å²) in [5.74, 6) is 0.606. The van der Waals surface area contributed by atoms with Crippen LogP contribution in [0, 0.1) is 5.82 Å². The molecular weight excluding hydrogens is 406 g/mol. The van der Waals surface area contributed by atoms with E-state index in [0.717, 1.165) is 18.1 Å². The van der Waals surface area contributed by atoms with Gasteiger partial charge in [-0.3, -0.25) is 0 Å². The molecule has 0 aromatic heterocycles. The summed E-state index contributed by atoms with van der Waals surface area (Å²) >= 11 is 0. The molecule has 4 nitrogen and oxygen atoms in total. The molecule has 6 heteroatoms. The van der Waals surface area contributed by atoms with E-state index in [-0.39, 0.29) is 35.3 Å². The van der Waals surface area contributed by atoms with Crippen LogP contribution in [-0.4, -0.2) is 37.0 Å². The molecule has 0 aliphatic heterocycles. The molecule has 0 fully saturated rings. The van der Waals surface area contributed by atoms with E-state index in [2.05, 4.69) is 36.4 Å². The number of nitrogens with one attached hydrogen (secondary N) is 2. The first-order valence-corrected chi connectivity index (χ1v) is 7.70. The molecule has 0 radical (unpaired) electrons. The van der Waals surface area contributed by atoms with Gasteiger partial charge in [0.25, 0.3) is 0 Å². The Balaban J connectivity index is 0.00000484. The lowest BCUT2D eigenvalue weighted by Crippen LogP contribution is -2.47. The number of benzene rings is 1. The van der Waals surface area contributed by atoms with Crippen LogP contribution in [0.1, 0.15) is 38.8 Å². The van der Waals surface area contributed by atoms with E-state index in [1.54, 1.807) is 6.07 Å². The number of halogens is 2. The second-order valence-corrected chi connectivity index (χ2v) is 6.73. The maximum atomic E-state index is 13.8. The van der Waals surface area contributed by atoms with Crippen molar-refractivity contribution in [2.75, 3.05) is 20.6 Å². The summed E-state index contributed by atoms with van der Waals surface area (Å²) in [6, 6.07) is 5.20. The van der Waals surface area contributed by atoms with Gasteiger partial charge in [0, 0.05) is 24.2 Å². The summed E-state index contributed by atoms with van der Waals surface area (Å²) in [7, 11) is 3.86. The van der Waals surface area contributed by atoms with Gasteiger partial charge in [-0.25, -0.2) is 9.38 Å². The third-order valence-corrected chi connectivity index (χ3v) is 2.85. The van der Waals surface area contributed by atoms with Crippen LogP contribution in [0.15, 0.2) is 23.2 Å². The van der Waals surface area contributed by atoms with Crippen LogP contribution >= 0.6 is 24.0 Å². The Labute approximate surface area is 157 Å². The molecule has 0 aliphatic rings. The predicted octanol–water partition coefficient (Wildman–Crippen LogP) is 3.36. The molecule has 23 heavy (non-hydrogen) atoms. The van der Waals surface area contributed by atoms with Crippen molar-refractivity contribution in [3.05, 3.63) is 35.1 Å². The Morgan fingerprint density at radius 3 is 2.43 bits per heavy atom. The summed E-state index contributed by atoms with van der Waals surface area (Å²) in [5.41, 5.74) is 1.65. The summed E-state index contributed by atoms with van der Waals surface area (Å²) < 4.78 is 13.8. The van der Waals surface area contributed by atoms with Crippen molar-refractivity contribution < 1.29 is 4.39 Å². The zero-order chi connectivity index (χ0) is 16.8. The zero-order valence-electron chi connectivity index (χ0n) is 15.0. The minimum atomic E-state index is -0.166. The highest BCUT2D eigenvalue weighted by Gasteiger charge is 2.11. The average molecular weight is 436 g/mol. The molecule has 2 N–H and O–H groups in total. The van der Waals surface area contributed by atoms with E-state index in [1.165, 1.54) is 6.07 Å². The molecule has 0 atom stereocenters. The number of nitrogens with zero attached hydrogens (tertiary/aromatic N) is 2. The number of hydrogen-bond donors (Lipinski definition) is 2. The van der Waals surface area contributed by atoms with E-state index in [0.29, 0.717) is 18.7 Å². The van der Waals surface area contributed by atoms with Gasteiger partial charge in [-0.2, -0.15) is 0 Å². The van der Waals surface area contributed by atoms with Crippen molar-refractivity contribution in [2.24, 2.45) is 4.99 Å². The van der Waals surface area contributed by atoms with E-state index >= 15 is 0 Å². The van der Waals surface area contributed by atoms with E-state index in [9.17, 15) is 4.39 Å². The fraction of sp³-hybridized carbons (Fsp3) is 0.588. The van der Waals surface area contributed by atoms with E-state index in [4.69, 9.17) is 0 Å². The zero-order valence-corrected chi connectivity index (χ0v) is 17.4. The third-order valence-electron chi connectivity index (χ3n) is 2.85. The summed E-state index contributed by atoms with van der Waals surface area (Å²) in [6.45, 7) is 10.2. The quantitative estimate of drug-likeness (QED) is 0.423. The molecule has 0 saturated carbocycles. The first-order chi connectivity index (χ1) is 10.2. The highest BCUT2D eigenvalue weighted by Crippen LogP contribution is 2.13. The summed E-state index contributed by atoms with van der Waals surface area (Å²) in [5, 5.41) is 6.57. The molecule has 1 aromatic carbocycles. The summed E-state index contributed by atoms with van der Waals surface area (Å²) in [6.07, 6.45) is 0. The van der Waals surface area contributed by atoms with Gasteiger partial charge in [0.1, 0.15) is 5.82 Å². The Morgan fingerprint density at radius 2 is 1.91 bits per heavy atom. The molecule has 0 bridgehead atoms. The number of aliphatic imine (C=N–C) groups is 1. The monoisotopic (exact) mass is 436 g/mol. The fourth-order valence-electron chi connectivity index (χ4n) is 2.02. The van der Waals surface area contributed by atoms with Gasteiger partial charge in [0.05, 0.1) is 6.54 Å². The molecule has 0 spiro atoms. The van der Waals surface area contributed by atoms with Crippen LogP contribution in [0.4, 0.5) is 4.39 Å². The molecule has 0 unspecified atom stereocenters. The normalized spacial score (nSPS) is 12.1. The van der Waals surface area contributed by atoms with Crippen molar-refractivity contribution in [2.45, 2.75) is 46.3 Å². The highest BCUT2D eigenvalue weighted by atomic mass is 127. The van der Waals surface area contributed by atoms with Gasteiger partial charge < -0.3 is 15.5 Å². The number of rotatable bonds is 5. The predicted molar refractivity (Wildman–Crippen MR) is 107 cm³/mol. The topological polar surface area (TPSA) is 39.7 Å². The maximum absolute atomic E-state index is 13.8. The Kier molecular flexibility index (Phi) is 9.68. The van der Waals surface area contributed by atoms with E-state index < -0.39 is 0 Å². The average Bonchev–Trinajstić information content (AvgIpc) is 2.37. The Bertz CT molecular complexity index is 510. The molecule has 0 heterocycles. The van der Waals surface area contributed by atoms with Crippen molar-refractivity contribution in [3.8, 4) is 0 Å². The molecular formula is C17H30FIN4. The lowest BCUT2D eigenvalue weighted by atomic mass is 10.1. The maximum Gasteiger partial charge on any atom is 0.191 e. The Hall–Kier alpha value is -0.890. The van der Waals surface area contributed by atoms with Gasteiger partial charge >= 0.3 is 0 Å². The first-order valence-electron chi connectivity index (χ1n) is 7.70. The van der Waals surface area contributed by atoms with Crippen molar-refractivity contribution in [1.82, 2.24) is 15.5 Å². The van der Waals surface area contributed by atoms with Gasteiger partial charge in [-0.05, 0) is 59.5 Å². The van der Waals surface area contributed by atoms with Gasteiger partial charge in [0.2, 0.25) is 0 Å². The van der Waals surface area contributed by atoms with Crippen molar-refractivity contribution >= 4 is 29.9 Å². The van der Waals surface area contributed by atoms with Crippen LogP contribution in [0.25, 0.3) is 0 Å². The summed E-state index contributed by atoms with van der Waals surface area (Å²) in [4.78, 5) is 6.53. The van der Waals surface area contributed by atoms with Crippen molar-refractivity contribution in [1.29, 1.82) is 0 Å². The second-order valence-electron chi connectivity index (χ2n) is 6.73. The fourth-order valence-corrected chi connectivity index (χ4v) is 2.02. The molecule has 132 valence electrons. The first kappa shape index (κ1) is 22.1. The molecule has 1 aromatic rings. The standard InChI is InChI=1S/C17H29FN4.HI/c1-7-19-16(21-17(2,3)4)20-11-13-8-9-15(18)14(10-13)12-22(5)6;/h8-10H,7,11-12H2,1-6H3,(H2,19,20,21);1H. The van der Waals surface area contributed by atoms with Gasteiger partial charge in [-0.15, -0.1) is 24.0 Å². The number of hydrogen-bond acceptors (Lipinski definition) is 2. The van der Waals surface area contributed by atoms with Crippen LogP contribution in [-0.2, 0) is 13.1 Å². The molecule has 0 saturated heterocycles. The second kappa shape index (κ2) is 10.1. The molecule has 0 aliphatic carbocycles. The molecule has 1 rings (SSSR count). The van der Waals surface area contributed by atoms with Gasteiger partial charge in [0.15, 0.2) is 5.96 Å². The van der Waals surface area contributed by atoms with Crippen LogP contribution in [0.2, 0.25) is 0 Å². The number of guanidine groups is 1. The lowest BCUT2D eigenvalue weighted by Gasteiger charge is -2.23. The van der Waals surface area contributed by atoms with Gasteiger partial charge in [-0.1, -0.05) is 6.07 Å². The van der Waals surface area contributed by atoms with E-state index in [1.807, 2.05) is 32.0 Å². The third kappa shape index (κ3) is 9.10. The SMILES string of the molecule is CCNC(=NCc1ccc(F)c(CN(C)C)c1)NC(C)(C)C.I. The minimum absolute atomic E-state index is 0. The van der Waals surface area contributed by atoms with Crippen molar-refractivity contribution in [3.63, 3.8) is 0 Å². The van der Waals surface area contributed by atoms with Crippen LogP contribution in [0.3, 0.4) is 0 Å².